The third kappa shape index (κ3) is 3.08. The predicted molar refractivity (Wildman–Crippen MR) is 87.6 cm³/mol. The van der Waals surface area contributed by atoms with Gasteiger partial charge in [-0.3, -0.25) is 20.4 Å². The van der Waals surface area contributed by atoms with E-state index in [0.717, 1.165) is 5.56 Å². The standard InChI is InChI=1S/C18H16N2O5/c21-17(12-5-6-14-15(10-12)24-8-7-23-14)19-20-18(22)16-9-11-3-1-2-4-13(11)25-16/h1-6,10,16H,7-9H2,(H,19,21)(H,20,22)/t16-/m1/s1. The molecule has 0 aromatic heterocycles. The third-order valence-corrected chi connectivity index (χ3v) is 4.04. The van der Waals surface area contributed by atoms with E-state index in [0.29, 0.717) is 42.4 Å². The van der Waals surface area contributed by atoms with Crippen molar-refractivity contribution in [3.05, 3.63) is 53.6 Å². The van der Waals surface area contributed by atoms with Crippen molar-refractivity contribution in [3.8, 4) is 17.2 Å². The molecule has 2 heterocycles. The first-order valence-electron chi connectivity index (χ1n) is 7.95. The van der Waals surface area contributed by atoms with E-state index in [4.69, 9.17) is 14.2 Å². The normalized spacial score (nSPS) is 17.2. The van der Waals surface area contributed by atoms with Gasteiger partial charge in [0.2, 0.25) is 0 Å². The largest absolute Gasteiger partial charge is 0.486 e. The molecule has 0 fully saturated rings. The fraction of sp³-hybridized carbons (Fsp3) is 0.222. The number of fused-ring (bicyclic) bond motifs is 2. The van der Waals surface area contributed by atoms with Crippen LogP contribution >= 0.6 is 0 Å². The summed E-state index contributed by atoms with van der Waals surface area (Å²) in [4.78, 5) is 24.4. The first-order chi connectivity index (χ1) is 12.2. The lowest BCUT2D eigenvalue weighted by molar-refractivity contribution is -0.128. The molecule has 0 unspecified atom stereocenters. The van der Waals surface area contributed by atoms with E-state index in [1.807, 2.05) is 24.3 Å². The summed E-state index contributed by atoms with van der Waals surface area (Å²) in [6.45, 7) is 0.923. The Morgan fingerprint density at radius 3 is 2.56 bits per heavy atom. The van der Waals surface area contributed by atoms with Gasteiger partial charge in [0.1, 0.15) is 19.0 Å². The number of amides is 2. The number of rotatable bonds is 2. The molecule has 0 radical (unpaired) electrons. The van der Waals surface area contributed by atoms with Gasteiger partial charge in [-0.1, -0.05) is 18.2 Å². The Bertz CT molecular complexity index is 811. The van der Waals surface area contributed by atoms with Crippen LogP contribution in [-0.2, 0) is 11.2 Å². The molecule has 0 saturated carbocycles. The molecule has 2 N–H and O–H groups in total. The van der Waals surface area contributed by atoms with Crippen LogP contribution in [0, 0.1) is 0 Å². The quantitative estimate of drug-likeness (QED) is 0.803. The van der Waals surface area contributed by atoms with Crippen LogP contribution in [-0.4, -0.2) is 31.1 Å². The molecule has 2 aromatic rings. The van der Waals surface area contributed by atoms with Crippen LogP contribution in [0.3, 0.4) is 0 Å². The van der Waals surface area contributed by atoms with Crippen molar-refractivity contribution in [2.45, 2.75) is 12.5 Å². The smallest absolute Gasteiger partial charge is 0.279 e. The number of carbonyl (C=O) groups is 2. The van der Waals surface area contributed by atoms with Crippen LogP contribution in [0.4, 0.5) is 0 Å². The molecule has 2 aromatic carbocycles. The molecule has 7 nitrogen and oxygen atoms in total. The van der Waals surface area contributed by atoms with Gasteiger partial charge in [-0.2, -0.15) is 0 Å². The van der Waals surface area contributed by atoms with Crippen LogP contribution in [0.5, 0.6) is 17.2 Å². The van der Waals surface area contributed by atoms with Gasteiger partial charge in [0, 0.05) is 12.0 Å². The van der Waals surface area contributed by atoms with Crippen molar-refractivity contribution in [3.63, 3.8) is 0 Å². The summed E-state index contributed by atoms with van der Waals surface area (Å²) < 4.78 is 16.4. The van der Waals surface area contributed by atoms with Crippen molar-refractivity contribution in [2.24, 2.45) is 0 Å². The summed E-state index contributed by atoms with van der Waals surface area (Å²) in [7, 11) is 0. The van der Waals surface area contributed by atoms with Crippen molar-refractivity contribution in [1.29, 1.82) is 0 Å². The van der Waals surface area contributed by atoms with Gasteiger partial charge in [0.15, 0.2) is 17.6 Å². The van der Waals surface area contributed by atoms with Gasteiger partial charge in [0.05, 0.1) is 0 Å². The predicted octanol–water partition coefficient (Wildman–Crippen LogP) is 1.22. The summed E-state index contributed by atoms with van der Waals surface area (Å²) in [6.07, 6.45) is -0.181. The number of hydrazine groups is 1. The van der Waals surface area contributed by atoms with Crippen LogP contribution in [0.15, 0.2) is 42.5 Å². The number of ether oxygens (including phenoxy) is 3. The minimum atomic E-state index is -0.655. The maximum absolute atomic E-state index is 12.2. The Morgan fingerprint density at radius 2 is 1.72 bits per heavy atom. The summed E-state index contributed by atoms with van der Waals surface area (Å²) in [5.41, 5.74) is 6.13. The Hall–Kier alpha value is -3.22. The van der Waals surface area contributed by atoms with E-state index in [1.165, 1.54) is 0 Å². The van der Waals surface area contributed by atoms with E-state index in [2.05, 4.69) is 10.9 Å². The molecule has 0 spiro atoms. The van der Waals surface area contributed by atoms with Gasteiger partial charge >= 0.3 is 0 Å². The van der Waals surface area contributed by atoms with Crippen LogP contribution in [0.25, 0.3) is 0 Å². The number of benzene rings is 2. The lowest BCUT2D eigenvalue weighted by Crippen LogP contribution is -2.47. The van der Waals surface area contributed by atoms with E-state index < -0.39 is 17.9 Å². The first kappa shape index (κ1) is 15.3. The molecule has 1 atom stereocenters. The Kier molecular flexibility index (Phi) is 3.89. The van der Waals surface area contributed by atoms with Gasteiger partial charge in [-0.05, 0) is 29.8 Å². The highest BCUT2D eigenvalue weighted by Gasteiger charge is 2.29. The molecule has 2 aliphatic heterocycles. The van der Waals surface area contributed by atoms with E-state index >= 15 is 0 Å². The van der Waals surface area contributed by atoms with E-state index in [1.54, 1.807) is 18.2 Å². The molecule has 0 bridgehead atoms. The first-order valence-corrected chi connectivity index (χ1v) is 7.95. The topological polar surface area (TPSA) is 85.9 Å². The van der Waals surface area contributed by atoms with E-state index in [-0.39, 0.29) is 0 Å². The lowest BCUT2D eigenvalue weighted by Gasteiger charge is -2.18. The fourth-order valence-corrected chi connectivity index (χ4v) is 2.78. The zero-order chi connectivity index (χ0) is 17.2. The number of hydrogen-bond acceptors (Lipinski definition) is 5. The summed E-state index contributed by atoms with van der Waals surface area (Å²) >= 11 is 0. The molecule has 0 saturated heterocycles. The minimum absolute atomic E-state index is 0.361. The van der Waals surface area contributed by atoms with Gasteiger partial charge in [-0.25, -0.2) is 0 Å². The monoisotopic (exact) mass is 340 g/mol. The van der Waals surface area contributed by atoms with Crippen molar-refractivity contribution in [2.75, 3.05) is 13.2 Å². The van der Waals surface area contributed by atoms with Gasteiger partial charge < -0.3 is 14.2 Å². The van der Waals surface area contributed by atoms with Crippen LogP contribution in [0.2, 0.25) is 0 Å². The third-order valence-electron chi connectivity index (χ3n) is 4.04. The number of carbonyl (C=O) groups excluding carboxylic acids is 2. The molecule has 25 heavy (non-hydrogen) atoms. The van der Waals surface area contributed by atoms with Gasteiger partial charge in [0.25, 0.3) is 11.8 Å². The van der Waals surface area contributed by atoms with Crippen molar-refractivity contribution < 1.29 is 23.8 Å². The average Bonchev–Trinajstić information content (AvgIpc) is 3.09. The summed E-state index contributed by atoms with van der Waals surface area (Å²) in [6, 6.07) is 12.3. The molecular formula is C18H16N2O5. The molecular weight excluding hydrogens is 324 g/mol. The zero-order valence-corrected chi connectivity index (χ0v) is 13.3. The SMILES string of the molecule is O=C(NNC(=O)[C@H]1Cc2ccccc2O1)c1ccc2c(c1)OCCO2. The summed E-state index contributed by atoms with van der Waals surface area (Å²) in [5.74, 6) is 0.965. The minimum Gasteiger partial charge on any atom is -0.486 e. The Labute approximate surface area is 143 Å². The number of hydrogen-bond donors (Lipinski definition) is 2. The average molecular weight is 340 g/mol. The second kappa shape index (κ2) is 6.35. The van der Waals surface area contributed by atoms with Crippen LogP contribution in [0.1, 0.15) is 15.9 Å². The zero-order valence-electron chi connectivity index (χ0n) is 13.3. The Morgan fingerprint density at radius 1 is 0.920 bits per heavy atom. The molecule has 128 valence electrons. The molecule has 2 amide bonds. The van der Waals surface area contributed by atoms with Crippen LogP contribution < -0.4 is 25.1 Å². The second-order valence-electron chi connectivity index (χ2n) is 5.72. The maximum atomic E-state index is 12.2. The van der Waals surface area contributed by atoms with Gasteiger partial charge in [-0.15, -0.1) is 0 Å². The molecule has 4 rings (SSSR count). The molecule has 7 heteroatoms. The highest BCUT2D eigenvalue weighted by molar-refractivity contribution is 5.96. The second-order valence-corrected chi connectivity index (χ2v) is 5.72. The highest BCUT2D eigenvalue weighted by atomic mass is 16.6. The highest BCUT2D eigenvalue weighted by Crippen LogP contribution is 2.30. The lowest BCUT2D eigenvalue weighted by atomic mass is 10.1. The fourth-order valence-electron chi connectivity index (χ4n) is 2.78. The van der Waals surface area contributed by atoms with E-state index in [9.17, 15) is 9.59 Å². The number of nitrogens with one attached hydrogen (secondary N) is 2. The number of para-hydroxylation sites is 1. The molecule has 2 aliphatic rings. The maximum Gasteiger partial charge on any atom is 0.279 e. The summed E-state index contributed by atoms with van der Waals surface area (Å²) in [5, 5.41) is 0. The van der Waals surface area contributed by atoms with Crippen molar-refractivity contribution in [1.82, 2.24) is 10.9 Å². The Balaban J connectivity index is 1.35. The molecule has 0 aliphatic carbocycles. The van der Waals surface area contributed by atoms with Crippen molar-refractivity contribution >= 4 is 11.8 Å².